The molecule has 1 atom stereocenters. The summed E-state index contributed by atoms with van der Waals surface area (Å²) in [5.41, 5.74) is 3.91. The number of fused-ring (bicyclic) bond motifs is 2. The summed E-state index contributed by atoms with van der Waals surface area (Å²) in [7, 11) is 0. The van der Waals surface area contributed by atoms with E-state index >= 15 is 0 Å². The lowest BCUT2D eigenvalue weighted by molar-refractivity contribution is -0.131. The Bertz CT molecular complexity index is 1220. The fourth-order valence-electron chi connectivity index (χ4n) is 4.99. The number of nitrogens with zero attached hydrogens (tertiary/aromatic N) is 4. The Labute approximate surface area is 185 Å². The largest absolute Gasteiger partial charge is 0.338 e. The number of aromatic amines is 1. The van der Waals surface area contributed by atoms with E-state index in [1.54, 1.807) is 17.0 Å². The first-order chi connectivity index (χ1) is 15.5. The van der Waals surface area contributed by atoms with E-state index in [9.17, 15) is 14.0 Å². The van der Waals surface area contributed by atoms with Crippen LogP contribution in [0.2, 0.25) is 0 Å². The van der Waals surface area contributed by atoms with E-state index in [-0.39, 0.29) is 23.2 Å². The minimum atomic E-state index is -0.208. The summed E-state index contributed by atoms with van der Waals surface area (Å²) < 4.78 is 15.1. The van der Waals surface area contributed by atoms with Gasteiger partial charge in [0.2, 0.25) is 5.91 Å². The first-order valence-electron chi connectivity index (χ1n) is 11.4. The first kappa shape index (κ1) is 20.9. The van der Waals surface area contributed by atoms with Crippen LogP contribution < -0.4 is 5.56 Å². The van der Waals surface area contributed by atoms with Gasteiger partial charge in [0, 0.05) is 50.2 Å². The molecule has 168 valence electrons. The third-order valence-corrected chi connectivity index (χ3v) is 6.68. The van der Waals surface area contributed by atoms with E-state index in [0.29, 0.717) is 43.7 Å². The summed E-state index contributed by atoms with van der Waals surface area (Å²) in [6.07, 6.45) is 3.12. The van der Waals surface area contributed by atoms with Crippen molar-refractivity contribution in [3.63, 3.8) is 0 Å². The van der Waals surface area contributed by atoms with Gasteiger partial charge < -0.3 is 4.90 Å². The quantitative estimate of drug-likeness (QED) is 0.681. The summed E-state index contributed by atoms with van der Waals surface area (Å²) in [6.45, 7) is 5.30. The Morgan fingerprint density at radius 2 is 2.16 bits per heavy atom. The number of halogens is 1. The highest BCUT2D eigenvalue weighted by molar-refractivity contribution is 5.76. The van der Waals surface area contributed by atoms with Crippen molar-refractivity contribution in [3.05, 3.63) is 69.0 Å². The van der Waals surface area contributed by atoms with E-state index in [2.05, 4.69) is 10.00 Å². The van der Waals surface area contributed by atoms with Crippen LogP contribution in [-0.2, 0) is 24.3 Å². The number of rotatable bonds is 4. The molecule has 1 N–H and O–H groups in total. The van der Waals surface area contributed by atoms with Gasteiger partial charge in [-0.15, -0.1) is 0 Å². The van der Waals surface area contributed by atoms with Crippen LogP contribution in [0.15, 0.2) is 35.1 Å². The summed E-state index contributed by atoms with van der Waals surface area (Å²) >= 11 is 0. The number of amides is 1. The second-order valence-electron chi connectivity index (χ2n) is 8.87. The molecule has 2 aromatic heterocycles. The molecule has 0 spiro atoms. The molecule has 32 heavy (non-hydrogen) atoms. The molecule has 1 aromatic carbocycles. The van der Waals surface area contributed by atoms with Crippen molar-refractivity contribution in [2.75, 3.05) is 19.6 Å². The van der Waals surface area contributed by atoms with E-state index in [4.69, 9.17) is 4.98 Å². The number of nitrogens with one attached hydrogen (secondary N) is 1. The number of hydrogen-bond acceptors (Lipinski definition) is 4. The highest BCUT2D eigenvalue weighted by atomic mass is 19.1. The number of carbonyl (C=O) groups excluding carboxylic acids is 1. The minimum absolute atomic E-state index is 0.0629. The predicted octanol–water partition coefficient (Wildman–Crippen LogP) is 2.84. The van der Waals surface area contributed by atoms with E-state index < -0.39 is 0 Å². The van der Waals surface area contributed by atoms with Crippen LogP contribution in [0, 0.1) is 5.82 Å². The van der Waals surface area contributed by atoms with Gasteiger partial charge in [0.25, 0.3) is 5.56 Å². The lowest BCUT2D eigenvalue weighted by atomic mass is 9.94. The zero-order valence-corrected chi connectivity index (χ0v) is 18.3. The SMILES string of the molecule is CCC(=O)N1CCc2nc3cc([C@@H]4CCCN(Cc5cccc(F)c5)C4)[nH]n3c(=O)c2C1. The predicted molar refractivity (Wildman–Crippen MR) is 119 cm³/mol. The van der Waals surface area contributed by atoms with Gasteiger partial charge in [0.05, 0.1) is 17.8 Å². The molecule has 1 fully saturated rings. The van der Waals surface area contributed by atoms with Crippen molar-refractivity contribution in [3.8, 4) is 0 Å². The normalized spacial score (nSPS) is 19.3. The van der Waals surface area contributed by atoms with Crippen molar-refractivity contribution in [2.45, 2.75) is 51.6 Å². The van der Waals surface area contributed by atoms with Crippen LogP contribution >= 0.6 is 0 Å². The Morgan fingerprint density at radius 3 is 2.97 bits per heavy atom. The van der Waals surface area contributed by atoms with Crippen LogP contribution in [0.4, 0.5) is 4.39 Å². The average molecular weight is 438 g/mol. The van der Waals surface area contributed by atoms with Crippen LogP contribution in [0.3, 0.4) is 0 Å². The monoisotopic (exact) mass is 437 g/mol. The van der Waals surface area contributed by atoms with Crippen LogP contribution in [0.5, 0.6) is 0 Å². The molecule has 4 heterocycles. The molecule has 8 heteroatoms. The van der Waals surface area contributed by atoms with Gasteiger partial charge in [0.15, 0.2) is 5.65 Å². The van der Waals surface area contributed by atoms with Gasteiger partial charge in [-0.1, -0.05) is 19.1 Å². The number of likely N-dealkylation sites (tertiary alicyclic amines) is 1. The van der Waals surface area contributed by atoms with Crippen LogP contribution in [-0.4, -0.2) is 49.9 Å². The molecule has 0 aliphatic carbocycles. The Morgan fingerprint density at radius 1 is 1.28 bits per heavy atom. The van der Waals surface area contributed by atoms with Crippen molar-refractivity contribution in [1.82, 2.24) is 24.4 Å². The average Bonchev–Trinajstić information content (AvgIpc) is 3.23. The second kappa shape index (κ2) is 8.50. The number of hydrogen-bond donors (Lipinski definition) is 1. The number of piperidine rings is 1. The van der Waals surface area contributed by atoms with E-state index in [1.165, 1.54) is 10.6 Å². The van der Waals surface area contributed by atoms with Crippen molar-refractivity contribution >= 4 is 11.6 Å². The standard InChI is InChI=1S/C24H28FN5O2/c1-2-23(31)29-10-8-20-19(15-29)24(32)30-22(26-20)12-21(27-30)17-6-4-9-28(14-17)13-16-5-3-7-18(25)11-16/h3,5,7,11-12,17,27H,2,4,6,8-10,13-15H2,1H3/t17-/m1/s1. The van der Waals surface area contributed by atoms with Gasteiger partial charge in [-0.05, 0) is 37.1 Å². The molecule has 2 aliphatic heterocycles. The number of benzene rings is 1. The zero-order chi connectivity index (χ0) is 22.2. The molecule has 2 aliphatic rings. The highest BCUT2D eigenvalue weighted by Gasteiger charge is 2.27. The van der Waals surface area contributed by atoms with Gasteiger partial charge >= 0.3 is 0 Å². The maximum Gasteiger partial charge on any atom is 0.277 e. The topological polar surface area (TPSA) is 73.7 Å². The number of aromatic nitrogens is 3. The molecular weight excluding hydrogens is 409 g/mol. The Hall–Kier alpha value is -3.00. The molecule has 0 radical (unpaired) electrons. The molecule has 7 nitrogen and oxygen atoms in total. The van der Waals surface area contributed by atoms with Crippen molar-refractivity contribution in [2.24, 2.45) is 0 Å². The minimum Gasteiger partial charge on any atom is -0.338 e. The lowest BCUT2D eigenvalue weighted by Crippen LogP contribution is -2.40. The van der Waals surface area contributed by atoms with Crippen molar-refractivity contribution in [1.29, 1.82) is 0 Å². The lowest BCUT2D eigenvalue weighted by Gasteiger charge is -2.32. The second-order valence-corrected chi connectivity index (χ2v) is 8.87. The fraction of sp³-hybridized carbons (Fsp3) is 0.458. The first-order valence-corrected chi connectivity index (χ1v) is 11.4. The number of carbonyl (C=O) groups is 1. The Kier molecular flexibility index (Phi) is 5.55. The molecule has 0 unspecified atom stereocenters. The molecule has 5 rings (SSSR count). The van der Waals surface area contributed by atoms with Gasteiger partial charge in [-0.3, -0.25) is 19.6 Å². The summed E-state index contributed by atoms with van der Waals surface area (Å²) in [5.74, 6) is 0.113. The smallest absolute Gasteiger partial charge is 0.277 e. The summed E-state index contributed by atoms with van der Waals surface area (Å²) in [5, 5.41) is 3.29. The van der Waals surface area contributed by atoms with E-state index in [1.807, 2.05) is 19.1 Å². The molecule has 0 bridgehead atoms. The third-order valence-electron chi connectivity index (χ3n) is 6.68. The molecular formula is C24H28FN5O2. The maximum absolute atomic E-state index is 13.6. The fourth-order valence-corrected chi connectivity index (χ4v) is 4.99. The van der Waals surface area contributed by atoms with Crippen LogP contribution in [0.25, 0.3) is 5.65 Å². The number of H-pyrrole nitrogens is 1. The third kappa shape index (κ3) is 3.95. The summed E-state index contributed by atoms with van der Waals surface area (Å²) in [6, 6.07) is 8.75. The van der Waals surface area contributed by atoms with Crippen LogP contribution in [0.1, 0.15) is 54.6 Å². The van der Waals surface area contributed by atoms with Gasteiger partial charge in [-0.2, -0.15) is 0 Å². The van der Waals surface area contributed by atoms with Crippen molar-refractivity contribution < 1.29 is 9.18 Å². The highest BCUT2D eigenvalue weighted by Crippen LogP contribution is 2.28. The molecule has 1 amide bonds. The Balaban J connectivity index is 1.38. The van der Waals surface area contributed by atoms with Gasteiger partial charge in [-0.25, -0.2) is 13.9 Å². The van der Waals surface area contributed by atoms with Gasteiger partial charge in [0.1, 0.15) is 5.82 Å². The van der Waals surface area contributed by atoms with E-state index in [0.717, 1.165) is 42.9 Å². The molecule has 1 saturated heterocycles. The molecule has 0 saturated carbocycles. The maximum atomic E-state index is 13.6. The zero-order valence-electron chi connectivity index (χ0n) is 18.3. The summed E-state index contributed by atoms with van der Waals surface area (Å²) in [4.78, 5) is 34.1. The molecule has 3 aromatic rings.